The molecule has 23 heavy (non-hydrogen) atoms. The van der Waals surface area contributed by atoms with Crippen molar-refractivity contribution >= 4 is 5.91 Å². The number of ether oxygens (including phenoxy) is 1. The quantitative estimate of drug-likeness (QED) is 0.832. The van der Waals surface area contributed by atoms with E-state index >= 15 is 0 Å². The van der Waals surface area contributed by atoms with Crippen LogP contribution >= 0.6 is 0 Å². The first-order chi connectivity index (χ1) is 11.2. The van der Waals surface area contributed by atoms with E-state index in [-0.39, 0.29) is 11.4 Å². The third-order valence-electron chi connectivity index (χ3n) is 5.14. The molecule has 0 bridgehead atoms. The van der Waals surface area contributed by atoms with Crippen LogP contribution in [0.5, 0.6) is 0 Å². The number of piperidine rings is 1. The summed E-state index contributed by atoms with van der Waals surface area (Å²) in [5, 5.41) is 11.0. The first kappa shape index (κ1) is 16.5. The number of carbonyl (C=O) groups is 1. The number of nitrogens with zero attached hydrogens (tertiary/aromatic N) is 2. The number of nitrogens with one attached hydrogen (secondary N) is 2. The van der Waals surface area contributed by atoms with Gasteiger partial charge in [-0.3, -0.25) is 9.48 Å². The third kappa shape index (κ3) is 3.93. The predicted molar refractivity (Wildman–Crippen MR) is 88.3 cm³/mol. The second-order valence-electron chi connectivity index (χ2n) is 6.93. The van der Waals surface area contributed by atoms with E-state index in [1.807, 2.05) is 10.7 Å². The molecule has 0 aromatic carbocycles. The molecule has 1 aromatic heterocycles. The Morgan fingerprint density at radius 2 is 2.30 bits per heavy atom. The highest BCUT2D eigenvalue weighted by Crippen LogP contribution is 2.30. The Bertz CT molecular complexity index is 516. The van der Waals surface area contributed by atoms with Crippen LogP contribution in [0.4, 0.5) is 0 Å². The zero-order chi connectivity index (χ0) is 16.1. The van der Waals surface area contributed by atoms with Crippen LogP contribution < -0.4 is 10.6 Å². The Morgan fingerprint density at radius 1 is 1.48 bits per heavy atom. The largest absolute Gasteiger partial charge is 0.382 e. The fraction of sp³-hybridized carbons (Fsp3) is 0.765. The van der Waals surface area contributed by atoms with Gasteiger partial charge in [0.2, 0.25) is 5.91 Å². The van der Waals surface area contributed by atoms with E-state index in [2.05, 4.69) is 15.7 Å². The lowest BCUT2D eigenvalue weighted by atomic mass is 9.96. The van der Waals surface area contributed by atoms with Gasteiger partial charge < -0.3 is 15.4 Å². The van der Waals surface area contributed by atoms with Gasteiger partial charge in [-0.1, -0.05) is 12.8 Å². The number of amides is 1. The molecule has 3 rings (SSSR count). The molecule has 2 fully saturated rings. The van der Waals surface area contributed by atoms with Crippen molar-refractivity contribution in [2.75, 3.05) is 26.8 Å². The summed E-state index contributed by atoms with van der Waals surface area (Å²) in [6.45, 7) is 2.95. The van der Waals surface area contributed by atoms with Crippen molar-refractivity contribution in [1.29, 1.82) is 0 Å². The lowest BCUT2D eigenvalue weighted by Gasteiger charge is -2.30. The molecule has 6 nitrogen and oxygen atoms in total. The summed E-state index contributed by atoms with van der Waals surface area (Å²) in [5.41, 5.74) is 0.991. The topological polar surface area (TPSA) is 68.2 Å². The fourth-order valence-electron chi connectivity index (χ4n) is 4.03. The Morgan fingerprint density at radius 3 is 3.00 bits per heavy atom. The summed E-state index contributed by atoms with van der Waals surface area (Å²) in [7, 11) is 1.70. The number of methoxy groups -OCH3 is 1. The van der Waals surface area contributed by atoms with Crippen molar-refractivity contribution in [3.8, 4) is 0 Å². The van der Waals surface area contributed by atoms with Crippen LogP contribution in [-0.4, -0.2) is 48.0 Å². The summed E-state index contributed by atoms with van der Waals surface area (Å²) < 4.78 is 7.20. The molecular formula is C17H28N4O2. The molecule has 2 N–H and O–H groups in total. The molecule has 1 unspecified atom stereocenters. The highest BCUT2D eigenvalue weighted by molar-refractivity contribution is 5.76. The standard InChI is InChI=1S/C17H28N4O2/c1-23-13-17(7-2-3-8-17)20-16(22)12-21-15(6-10-19-21)14-5-4-9-18-11-14/h6,10,14,18H,2-5,7-9,11-13H2,1H3,(H,20,22). The second-order valence-corrected chi connectivity index (χ2v) is 6.93. The molecule has 1 saturated heterocycles. The average molecular weight is 320 g/mol. The maximum Gasteiger partial charge on any atom is 0.242 e. The van der Waals surface area contributed by atoms with E-state index in [1.54, 1.807) is 13.3 Å². The first-order valence-corrected chi connectivity index (χ1v) is 8.75. The van der Waals surface area contributed by atoms with Gasteiger partial charge in [-0.15, -0.1) is 0 Å². The zero-order valence-electron chi connectivity index (χ0n) is 14.0. The zero-order valence-corrected chi connectivity index (χ0v) is 14.0. The van der Waals surface area contributed by atoms with Gasteiger partial charge in [0.15, 0.2) is 0 Å². The fourth-order valence-corrected chi connectivity index (χ4v) is 4.03. The molecule has 6 heteroatoms. The average Bonchev–Trinajstić information content (AvgIpc) is 3.18. The predicted octanol–water partition coefficient (Wildman–Crippen LogP) is 1.43. The van der Waals surface area contributed by atoms with Crippen LogP contribution in [0.25, 0.3) is 0 Å². The van der Waals surface area contributed by atoms with E-state index < -0.39 is 0 Å². The molecule has 1 atom stereocenters. The number of rotatable bonds is 6. The summed E-state index contributed by atoms with van der Waals surface area (Å²) in [6.07, 6.45) is 8.47. The van der Waals surface area contributed by atoms with Gasteiger partial charge >= 0.3 is 0 Å². The van der Waals surface area contributed by atoms with Crippen molar-refractivity contribution in [3.05, 3.63) is 18.0 Å². The van der Waals surface area contributed by atoms with Crippen LogP contribution in [0, 0.1) is 0 Å². The third-order valence-corrected chi connectivity index (χ3v) is 5.14. The van der Waals surface area contributed by atoms with Crippen LogP contribution in [0.2, 0.25) is 0 Å². The Hall–Kier alpha value is -1.40. The van der Waals surface area contributed by atoms with E-state index in [0.717, 1.165) is 45.2 Å². The minimum absolute atomic E-state index is 0.0395. The Balaban J connectivity index is 1.62. The summed E-state index contributed by atoms with van der Waals surface area (Å²) in [5.74, 6) is 0.496. The number of aromatic nitrogens is 2. The molecule has 1 saturated carbocycles. The van der Waals surface area contributed by atoms with Gasteiger partial charge in [0.1, 0.15) is 6.54 Å². The minimum atomic E-state index is -0.175. The summed E-state index contributed by atoms with van der Waals surface area (Å²) in [6, 6.07) is 2.05. The molecule has 1 amide bonds. The van der Waals surface area contributed by atoms with Crippen LogP contribution in [0.15, 0.2) is 12.3 Å². The number of hydrogen-bond acceptors (Lipinski definition) is 4. The molecule has 1 aromatic rings. The van der Waals surface area contributed by atoms with Crippen molar-refractivity contribution < 1.29 is 9.53 Å². The lowest BCUT2D eigenvalue weighted by molar-refractivity contribution is -0.124. The summed E-state index contributed by atoms with van der Waals surface area (Å²) in [4.78, 5) is 12.5. The molecule has 2 aliphatic rings. The van der Waals surface area contributed by atoms with Crippen molar-refractivity contribution in [2.45, 2.75) is 56.5 Å². The Kier molecular flexibility index (Phi) is 5.33. The lowest BCUT2D eigenvalue weighted by Crippen LogP contribution is -2.50. The van der Waals surface area contributed by atoms with Crippen molar-refractivity contribution in [1.82, 2.24) is 20.4 Å². The smallest absolute Gasteiger partial charge is 0.242 e. The van der Waals surface area contributed by atoms with Gasteiger partial charge in [0.25, 0.3) is 0 Å². The van der Waals surface area contributed by atoms with E-state index in [4.69, 9.17) is 4.74 Å². The normalized spacial score (nSPS) is 23.8. The van der Waals surface area contributed by atoms with E-state index in [9.17, 15) is 4.79 Å². The highest BCUT2D eigenvalue weighted by atomic mass is 16.5. The van der Waals surface area contributed by atoms with E-state index in [0.29, 0.717) is 19.1 Å². The monoisotopic (exact) mass is 320 g/mol. The van der Waals surface area contributed by atoms with E-state index in [1.165, 1.54) is 12.1 Å². The maximum absolute atomic E-state index is 12.5. The molecule has 1 aliphatic carbocycles. The molecule has 1 aliphatic heterocycles. The van der Waals surface area contributed by atoms with Crippen LogP contribution in [0.3, 0.4) is 0 Å². The first-order valence-electron chi connectivity index (χ1n) is 8.75. The van der Waals surface area contributed by atoms with Gasteiger partial charge in [-0.2, -0.15) is 5.10 Å². The van der Waals surface area contributed by atoms with Gasteiger partial charge in [-0.05, 0) is 38.3 Å². The molecule has 2 heterocycles. The summed E-state index contributed by atoms with van der Waals surface area (Å²) >= 11 is 0. The molecular weight excluding hydrogens is 292 g/mol. The SMILES string of the molecule is COCC1(NC(=O)Cn2nccc2C2CCCNC2)CCCC1. The van der Waals surface area contributed by atoms with Crippen LogP contribution in [0.1, 0.15) is 50.1 Å². The van der Waals surface area contributed by atoms with Gasteiger partial charge in [-0.25, -0.2) is 0 Å². The number of carbonyl (C=O) groups excluding carboxylic acids is 1. The van der Waals surface area contributed by atoms with Crippen molar-refractivity contribution in [3.63, 3.8) is 0 Å². The van der Waals surface area contributed by atoms with Crippen LogP contribution in [-0.2, 0) is 16.1 Å². The number of hydrogen-bond donors (Lipinski definition) is 2. The molecule has 0 radical (unpaired) electrons. The molecule has 0 spiro atoms. The highest BCUT2D eigenvalue weighted by Gasteiger charge is 2.35. The van der Waals surface area contributed by atoms with Gasteiger partial charge in [0, 0.05) is 31.5 Å². The van der Waals surface area contributed by atoms with Crippen molar-refractivity contribution in [2.24, 2.45) is 0 Å². The second kappa shape index (κ2) is 7.45. The maximum atomic E-state index is 12.5. The molecule has 128 valence electrons. The van der Waals surface area contributed by atoms with Gasteiger partial charge in [0.05, 0.1) is 12.1 Å². The minimum Gasteiger partial charge on any atom is -0.382 e. The Labute approximate surface area is 138 Å².